The minimum Gasteiger partial charge on any atom is -0.368 e. The van der Waals surface area contributed by atoms with Crippen molar-refractivity contribution in [1.29, 1.82) is 0 Å². The van der Waals surface area contributed by atoms with Gasteiger partial charge < -0.3 is 11.5 Å². The average Bonchev–Trinajstić information content (AvgIpc) is 2.44. The van der Waals surface area contributed by atoms with Crippen molar-refractivity contribution in [3.8, 4) is 0 Å². The highest BCUT2D eigenvalue weighted by Crippen LogP contribution is 2.21. The van der Waals surface area contributed by atoms with E-state index in [4.69, 9.17) is 23.1 Å². The zero-order valence-electron chi connectivity index (χ0n) is 8.83. The van der Waals surface area contributed by atoms with Crippen LogP contribution in [0, 0.1) is 0 Å². The predicted octanol–water partition coefficient (Wildman–Crippen LogP) is -0.00900. The molecular formula is C9H15ClN4O. The predicted molar refractivity (Wildman–Crippen MR) is 58.5 cm³/mol. The van der Waals surface area contributed by atoms with E-state index in [1.54, 1.807) is 11.7 Å². The molecule has 1 aromatic heterocycles. The van der Waals surface area contributed by atoms with Crippen LogP contribution in [-0.4, -0.2) is 21.7 Å². The minimum absolute atomic E-state index is 0.317. The van der Waals surface area contributed by atoms with Crippen LogP contribution in [0.5, 0.6) is 0 Å². The van der Waals surface area contributed by atoms with Crippen molar-refractivity contribution in [2.75, 3.05) is 0 Å². The molecule has 0 aliphatic heterocycles. The lowest BCUT2D eigenvalue weighted by Gasteiger charge is -2.07. The first kappa shape index (κ1) is 12.0. The molecule has 4 N–H and O–H groups in total. The normalized spacial score (nSPS) is 12.8. The highest BCUT2D eigenvalue weighted by molar-refractivity contribution is 6.31. The second kappa shape index (κ2) is 4.63. The van der Waals surface area contributed by atoms with Crippen LogP contribution < -0.4 is 11.5 Å². The van der Waals surface area contributed by atoms with E-state index in [1.165, 1.54) is 0 Å². The van der Waals surface area contributed by atoms with Gasteiger partial charge >= 0.3 is 0 Å². The van der Waals surface area contributed by atoms with E-state index in [9.17, 15) is 4.79 Å². The van der Waals surface area contributed by atoms with Crippen molar-refractivity contribution in [3.63, 3.8) is 0 Å². The monoisotopic (exact) mass is 230 g/mol. The topological polar surface area (TPSA) is 86.9 Å². The quantitative estimate of drug-likeness (QED) is 0.763. The van der Waals surface area contributed by atoms with Crippen LogP contribution in [0.2, 0.25) is 5.02 Å². The summed E-state index contributed by atoms with van der Waals surface area (Å²) in [4.78, 5) is 10.8. The molecule has 1 rings (SSSR count). The third-order valence-corrected chi connectivity index (χ3v) is 2.72. The van der Waals surface area contributed by atoms with Crippen molar-refractivity contribution in [3.05, 3.63) is 16.4 Å². The molecule has 1 amide bonds. The van der Waals surface area contributed by atoms with Crippen LogP contribution in [0.1, 0.15) is 18.3 Å². The van der Waals surface area contributed by atoms with Crippen LogP contribution in [0.3, 0.4) is 0 Å². The maximum absolute atomic E-state index is 10.8. The summed E-state index contributed by atoms with van der Waals surface area (Å²) in [7, 11) is 1.77. The van der Waals surface area contributed by atoms with E-state index in [0.717, 1.165) is 17.8 Å². The molecule has 15 heavy (non-hydrogen) atoms. The Morgan fingerprint density at radius 3 is 2.67 bits per heavy atom. The fourth-order valence-electron chi connectivity index (χ4n) is 1.35. The van der Waals surface area contributed by atoms with Gasteiger partial charge in [-0.15, -0.1) is 0 Å². The zero-order valence-corrected chi connectivity index (χ0v) is 9.58. The van der Waals surface area contributed by atoms with E-state index in [1.807, 2.05) is 6.92 Å². The minimum atomic E-state index is -0.720. The van der Waals surface area contributed by atoms with Gasteiger partial charge in [-0.05, 0) is 6.42 Å². The Labute approximate surface area is 93.4 Å². The number of halogens is 1. The van der Waals surface area contributed by atoms with E-state index in [0.29, 0.717) is 11.4 Å². The molecule has 1 aromatic rings. The molecule has 6 heteroatoms. The van der Waals surface area contributed by atoms with Gasteiger partial charge in [0.05, 0.1) is 22.5 Å². The van der Waals surface area contributed by atoms with Gasteiger partial charge in [0.1, 0.15) is 0 Å². The number of hydrogen-bond acceptors (Lipinski definition) is 3. The molecule has 0 aromatic carbocycles. The SMILES string of the molecule is CCc1nn(C)c(CC(N)C(N)=O)c1Cl. The highest BCUT2D eigenvalue weighted by atomic mass is 35.5. The third kappa shape index (κ3) is 2.49. The second-order valence-corrected chi connectivity index (χ2v) is 3.78. The lowest BCUT2D eigenvalue weighted by molar-refractivity contribution is -0.119. The first-order chi connectivity index (χ1) is 6.97. The molecule has 0 aliphatic rings. The summed E-state index contributed by atoms with van der Waals surface area (Å²) >= 11 is 6.09. The number of amides is 1. The van der Waals surface area contributed by atoms with Crippen molar-refractivity contribution in [2.24, 2.45) is 18.5 Å². The molecule has 0 bridgehead atoms. The molecule has 1 unspecified atom stereocenters. The van der Waals surface area contributed by atoms with E-state index < -0.39 is 11.9 Å². The summed E-state index contributed by atoms with van der Waals surface area (Å²) in [6.45, 7) is 1.96. The molecule has 0 fully saturated rings. The lowest BCUT2D eigenvalue weighted by atomic mass is 10.1. The van der Waals surface area contributed by atoms with Gasteiger partial charge in [0.25, 0.3) is 0 Å². The molecule has 0 radical (unpaired) electrons. The van der Waals surface area contributed by atoms with E-state index in [2.05, 4.69) is 5.10 Å². The standard InChI is InChI=1S/C9H15ClN4O/c1-3-6-8(10)7(14(2)13-6)4-5(11)9(12)15/h5H,3-4,11H2,1-2H3,(H2,12,15). The third-order valence-electron chi connectivity index (χ3n) is 2.28. The molecule has 1 atom stereocenters. The largest absolute Gasteiger partial charge is 0.368 e. The molecule has 0 saturated heterocycles. The summed E-state index contributed by atoms with van der Waals surface area (Å²) in [5.74, 6) is -0.537. The first-order valence-electron chi connectivity index (χ1n) is 4.72. The maximum atomic E-state index is 10.8. The Bertz CT molecular complexity index is 374. The summed E-state index contributed by atoms with van der Waals surface area (Å²) < 4.78 is 1.64. The van der Waals surface area contributed by atoms with Crippen LogP contribution in [0.4, 0.5) is 0 Å². The second-order valence-electron chi connectivity index (χ2n) is 3.40. The zero-order chi connectivity index (χ0) is 11.6. The van der Waals surface area contributed by atoms with E-state index in [-0.39, 0.29) is 0 Å². The van der Waals surface area contributed by atoms with Crippen LogP contribution in [0.15, 0.2) is 0 Å². The number of primary amides is 1. The van der Waals surface area contributed by atoms with Gasteiger partial charge in [0, 0.05) is 13.5 Å². The average molecular weight is 231 g/mol. The number of carbonyl (C=O) groups excluding carboxylic acids is 1. The highest BCUT2D eigenvalue weighted by Gasteiger charge is 2.18. The first-order valence-corrected chi connectivity index (χ1v) is 5.10. The fraction of sp³-hybridized carbons (Fsp3) is 0.556. The number of nitrogens with two attached hydrogens (primary N) is 2. The maximum Gasteiger partial charge on any atom is 0.234 e. The van der Waals surface area contributed by atoms with Gasteiger partial charge in [-0.2, -0.15) is 5.10 Å². The number of rotatable bonds is 4. The van der Waals surface area contributed by atoms with Crippen LogP contribution >= 0.6 is 11.6 Å². The van der Waals surface area contributed by atoms with Gasteiger partial charge in [0.15, 0.2) is 0 Å². The Kier molecular flexibility index (Phi) is 3.71. The fourth-order valence-corrected chi connectivity index (χ4v) is 1.72. The number of hydrogen-bond donors (Lipinski definition) is 2. The molecule has 1 heterocycles. The van der Waals surface area contributed by atoms with Crippen molar-refractivity contribution in [2.45, 2.75) is 25.8 Å². The number of aryl methyl sites for hydroxylation is 2. The van der Waals surface area contributed by atoms with Gasteiger partial charge in [-0.3, -0.25) is 9.48 Å². The molecule has 5 nitrogen and oxygen atoms in total. The summed E-state index contributed by atoms with van der Waals surface area (Å²) in [6.07, 6.45) is 1.07. The van der Waals surface area contributed by atoms with Crippen molar-refractivity contribution in [1.82, 2.24) is 9.78 Å². The van der Waals surface area contributed by atoms with Crippen molar-refractivity contribution < 1.29 is 4.79 Å². The number of nitrogens with zero attached hydrogens (tertiary/aromatic N) is 2. The summed E-state index contributed by atoms with van der Waals surface area (Å²) in [5.41, 5.74) is 12.2. The number of aromatic nitrogens is 2. The molecular weight excluding hydrogens is 216 g/mol. The van der Waals surface area contributed by atoms with Crippen molar-refractivity contribution >= 4 is 17.5 Å². The van der Waals surface area contributed by atoms with Crippen LogP contribution in [0.25, 0.3) is 0 Å². The molecule has 0 spiro atoms. The van der Waals surface area contributed by atoms with Gasteiger partial charge in [-0.1, -0.05) is 18.5 Å². The van der Waals surface area contributed by atoms with E-state index >= 15 is 0 Å². The summed E-state index contributed by atoms with van der Waals surface area (Å²) in [6, 6.07) is -0.720. The Hall–Kier alpha value is -1.07. The van der Waals surface area contributed by atoms with Crippen LogP contribution in [-0.2, 0) is 24.7 Å². The number of carbonyl (C=O) groups is 1. The molecule has 0 aliphatic carbocycles. The summed E-state index contributed by atoms with van der Waals surface area (Å²) in [5, 5.41) is 4.80. The smallest absolute Gasteiger partial charge is 0.234 e. The Morgan fingerprint density at radius 1 is 1.67 bits per heavy atom. The molecule has 0 saturated carbocycles. The lowest BCUT2D eigenvalue weighted by Crippen LogP contribution is -2.38. The molecule has 84 valence electrons. The van der Waals surface area contributed by atoms with Gasteiger partial charge in [-0.25, -0.2) is 0 Å². The Morgan fingerprint density at radius 2 is 2.27 bits per heavy atom. The van der Waals surface area contributed by atoms with Gasteiger partial charge in [0.2, 0.25) is 5.91 Å². The Balaban J connectivity index is 2.94.